The number of carbonyl (C=O) groups excluding carboxylic acids is 3. The van der Waals surface area contributed by atoms with Crippen molar-refractivity contribution >= 4 is 17.9 Å². The van der Waals surface area contributed by atoms with Crippen LogP contribution in [0.25, 0.3) is 0 Å². The summed E-state index contributed by atoms with van der Waals surface area (Å²) in [7, 11) is 0. The van der Waals surface area contributed by atoms with Gasteiger partial charge in [0, 0.05) is 5.56 Å². The number of aliphatic hydroxyl groups is 1. The van der Waals surface area contributed by atoms with Crippen LogP contribution in [-0.4, -0.2) is 23.0 Å². The van der Waals surface area contributed by atoms with E-state index in [2.05, 4.69) is 9.47 Å². The summed E-state index contributed by atoms with van der Waals surface area (Å²) in [4.78, 5) is 33.8. The molecule has 1 aromatic carbocycles. The lowest BCUT2D eigenvalue weighted by molar-refractivity contribution is -0.137. The first kappa shape index (κ1) is 9.98. The first-order valence-corrected chi connectivity index (χ1v) is 4.87. The quantitative estimate of drug-likeness (QED) is 0.505. The number of rotatable bonds is 0. The smallest absolute Gasteiger partial charge is 0.346 e. The molecular weight excluding hydrogens is 228 g/mol. The molecule has 6 heteroatoms. The standard InChI is InChI=1S/C11H6O6/c12-8-2-4-1-6-7(11(15)17-10(6)14)3-5(4)9(13)16-8/h1,3,10,14H,2H2. The third kappa shape index (κ3) is 1.34. The highest BCUT2D eigenvalue weighted by atomic mass is 16.6. The molecule has 2 heterocycles. The van der Waals surface area contributed by atoms with E-state index in [9.17, 15) is 19.5 Å². The summed E-state index contributed by atoms with van der Waals surface area (Å²) in [6.45, 7) is 0. The molecule has 2 aliphatic heterocycles. The van der Waals surface area contributed by atoms with E-state index >= 15 is 0 Å². The monoisotopic (exact) mass is 234 g/mol. The maximum atomic E-state index is 11.4. The Morgan fingerprint density at radius 3 is 2.65 bits per heavy atom. The lowest BCUT2D eigenvalue weighted by Gasteiger charge is -2.14. The van der Waals surface area contributed by atoms with E-state index < -0.39 is 24.2 Å². The summed E-state index contributed by atoms with van der Waals surface area (Å²) < 4.78 is 9.03. The summed E-state index contributed by atoms with van der Waals surface area (Å²) in [5.41, 5.74) is 0.996. The molecule has 0 spiro atoms. The van der Waals surface area contributed by atoms with E-state index in [1.807, 2.05) is 0 Å². The third-order valence-electron chi connectivity index (χ3n) is 2.74. The van der Waals surface area contributed by atoms with Crippen molar-refractivity contribution in [2.75, 3.05) is 0 Å². The van der Waals surface area contributed by atoms with Crippen molar-refractivity contribution in [2.24, 2.45) is 0 Å². The molecule has 0 aromatic heterocycles. The van der Waals surface area contributed by atoms with Crippen molar-refractivity contribution in [3.63, 3.8) is 0 Å². The molecule has 1 unspecified atom stereocenters. The third-order valence-corrected chi connectivity index (χ3v) is 2.74. The minimum absolute atomic E-state index is 0.0603. The zero-order valence-electron chi connectivity index (χ0n) is 8.43. The van der Waals surface area contributed by atoms with Crippen LogP contribution < -0.4 is 0 Å². The van der Waals surface area contributed by atoms with Gasteiger partial charge in [-0.25, -0.2) is 9.59 Å². The number of carbonyl (C=O) groups is 3. The second kappa shape index (κ2) is 3.14. The minimum atomic E-state index is -1.34. The molecule has 86 valence electrons. The molecule has 1 N–H and O–H groups in total. The van der Waals surface area contributed by atoms with Crippen LogP contribution in [0.1, 0.15) is 38.1 Å². The van der Waals surface area contributed by atoms with Crippen LogP contribution >= 0.6 is 0 Å². The van der Waals surface area contributed by atoms with Crippen LogP contribution in [0.4, 0.5) is 0 Å². The van der Waals surface area contributed by atoms with Crippen molar-refractivity contribution < 1.29 is 29.0 Å². The van der Waals surface area contributed by atoms with Crippen LogP contribution in [0.3, 0.4) is 0 Å². The van der Waals surface area contributed by atoms with Crippen LogP contribution in [0.15, 0.2) is 12.1 Å². The van der Waals surface area contributed by atoms with E-state index in [0.29, 0.717) is 5.56 Å². The second-order valence-corrected chi connectivity index (χ2v) is 3.79. The molecule has 1 atom stereocenters. The van der Waals surface area contributed by atoms with Crippen LogP contribution in [0.2, 0.25) is 0 Å². The number of hydrogen-bond donors (Lipinski definition) is 1. The van der Waals surface area contributed by atoms with Gasteiger partial charge < -0.3 is 14.6 Å². The largest absolute Gasteiger partial charge is 0.428 e. The molecule has 0 amide bonds. The van der Waals surface area contributed by atoms with Crippen molar-refractivity contribution in [3.8, 4) is 0 Å². The predicted molar refractivity (Wildman–Crippen MR) is 50.9 cm³/mol. The maximum absolute atomic E-state index is 11.4. The number of esters is 3. The highest BCUT2D eigenvalue weighted by molar-refractivity contribution is 6.05. The van der Waals surface area contributed by atoms with Crippen molar-refractivity contribution in [2.45, 2.75) is 12.7 Å². The van der Waals surface area contributed by atoms with Gasteiger partial charge >= 0.3 is 17.9 Å². The number of aliphatic hydroxyl groups excluding tert-OH is 1. The summed E-state index contributed by atoms with van der Waals surface area (Å²) in [6.07, 6.45) is -1.40. The van der Waals surface area contributed by atoms with Crippen LogP contribution in [0.5, 0.6) is 0 Å². The molecule has 6 nitrogen and oxygen atoms in total. The number of hydrogen-bond acceptors (Lipinski definition) is 6. The van der Waals surface area contributed by atoms with E-state index in [1.54, 1.807) is 0 Å². The fraction of sp³-hybridized carbons (Fsp3) is 0.182. The average Bonchev–Trinajstić information content (AvgIpc) is 2.52. The Kier molecular flexibility index (Phi) is 1.84. The van der Waals surface area contributed by atoms with Crippen molar-refractivity contribution in [3.05, 3.63) is 34.4 Å². The Bertz CT molecular complexity index is 574. The summed E-state index contributed by atoms with van der Waals surface area (Å²) in [6, 6.07) is 2.72. The number of fused-ring (bicyclic) bond motifs is 2. The van der Waals surface area contributed by atoms with Gasteiger partial charge in [0.05, 0.1) is 17.5 Å². The predicted octanol–water partition coefficient (Wildman–Crippen LogP) is 0.0874. The van der Waals surface area contributed by atoms with E-state index in [4.69, 9.17) is 0 Å². The van der Waals surface area contributed by atoms with Crippen molar-refractivity contribution in [1.29, 1.82) is 0 Å². The van der Waals surface area contributed by atoms with Gasteiger partial charge in [0.25, 0.3) is 0 Å². The van der Waals surface area contributed by atoms with Crippen LogP contribution in [-0.2, 0) is 20.7 Å². The molecule has 2 aliphatic rings. The maximum Gasteiger partial charge on any atom is 0.346 e. The normalized spacial score (nSPS) is 21.7. The zero-order chi connectivity index (χ0) is 12.2. The van der Waals surface area contributed by atoms with Gasteiger partial charge in [-0.3, -0.25) is 4.79 Å². The Balaban J connectivity index is 2.21. The number of ether oxygens (including phenoxy) is 2. The first-order valence-electron chi connectivity index (χ1n) is 4.87. The average molecular weight is 234 g/mol. The van der Waals surface area contributed by atoms with Gasteiger partial charge in [-0.15, -0.1) is 0 Å². The Labute approximate surface area is 94.8 Å². The topological polar surface area (TPSA) is 89.9 Å². The molecule has 0 bridgehead atoms. The van der Waals surface area contributed by atoms with Gasteiger partial charge in [0.1, 0.15) is 0 Å². The molecule has 0 fully saturated rings. The summed E-state index contributed by atoms with van der Waals surface area (Å²) >= 11 is 0. The van der Waals surface area contributed by atoms with Gasteiger partial charge in [-0.2, -0.15) is 0 Å². The van der Waals surface area contributed by atoms with E-state index in [0.717, 1.165) is 0 Å². The molecule has 17 heavy (non-hydrogen) atoms. The fourth-order valence-corrected chi connectivity index (χ4v) is 1.96. The van der Waals surface area contributed by atoms with E-state index in [-0.39, 0.29) is 23.1 Å². The summed E-state index contributed by atoms with van der Waals surface area (Å²) in [5, 5.41) is 9.44. The van der Waals surface area contributed by atoms with Gasteiger partial charge in [0.2, 0.25) is 6.29 Å². The Hall–Kier alpha value is -2.21. The molecule has 0 saturated heterocycles. The molecule has 1 aromatic rings. The summed E-state index contributed by atoms with van der Waals surface area (Å²) in [5.74, 6) is -2.13. The van der Waals surface area contributed by atoms with Crippen molar-refractivity contribution in [1.82, 2.24) is 0 Å². The van der Waals surface area contributed by atoms with Gasteiger partial charge in [-0.1, -0.05) is 0 Å². The number of cyclic esters (lactones) is 3. The lowest BCUT2D eigenvalue weighted by atomic mass is 9.96. The Morgan fingerprint density at radius 1 is 1.12 bits per heavy atom. The van der Waals surface area contributed by atoms with Gasteiger partial charge in [0.15, 0.2) is 0 Å². The zero-order valence-corrected chi connectivity index (χ0v) is 8.43. The highest BCUT2D eigenvalue weighted by Gasteiger charge is 2.34. The molecule has 0 radical (unpaired) electrons. The molecular formula is C11H6O6. The SMILES string of the molecule is O=C1Cc2cc3c(cc2C(=O)O1)C(=O)OC3O. The Morgan fingerprint density at radius 2 is 1.88 bits per heavy atom. The minimum Gasteiger partial charge on any atom is -0.428 e. The van der Waals surface area contributed by atoms with E-state index in [1.165, 1.54) is 12.1 Å². The first-order chi connectivity index (χ1) is 8.06. The fourth-order valence-electron chi connectivity index (χ4n) is 1.96. The van der Waals surface area contributed by atoms with Crippen LogP contribution in [0, 0.1) is 0 Å². The lowest BCUT2D eigenvalue weighted by Crippen LogP contribution is -2.23. The molecule has 0 saturated carbocycles. The number of benzene rings is 1. The van der Waals surface area contributed by atoms with Gasteiger partial charge in [-0.05, 0) is 17.7 Å². The second-order valence-electron chi connectivity index (χ2n) is 3.79. The highest BCUT2D eigenvalue weighted by Crippen LogP contribution is 2.32. The molecule has 3 rings (SSSR count). The molecule has 0 aliphatic carbocycles.